The van der Waals surface area contributed by atoms with Crippen molar-refractivity contribution in [1.29, 1.82) is 0 Å². The lowest BCUT2D eigenvalue weighted by Crippen LogP contribution is -2.12. The highest BCUT2D eigenvalue weighted by molar-refractivity contribution is 7.86. The van der Waals surface area contributed by atoms with Crippen molar-refractivity contribution in [2.75, 3.05) is 13.7 Å². The van der Waals surface area contributed by atoms with Gasteiger partial charge in [-0.15, -0.1) is 0 Å². The Balaban J connectivity index is 2.00. The summed E-state index contributed by atoms with van der Waals surface area (Å²) in [4.78, 5) is 0. The van der Waals surface area contributed by atoms with Crippen molar-refractivity contribution in [3.63, 3.8) is 0 Å². The Bertz CT molecular complexity index is 694. The van der Waals surface area contributed by atoms with E-state index in [1.54, 1.807) is 31.4 Å². The van der Waals surface area contributed by atoms with Gasteiger partial charge in [-0.1, -0.05) is 24.3 Å². The fraction of sp³-hybridized carbons (Fsp3) is 0.250. The molecule has 118 valence electrons. The molecule has 0 heterocycles. The molecule has 0 unspecified atom stereocenters. The molecular formula is C16H17FO4S. The van der Waals surface area contributed by atoms with Gasteiger partial charge < -0.3 is 8.92 Å². The molecule has 0 N–H and O–H groups in total. The third-order valence-electron chi connectivity index (χ3n) is 3.00. The van der Waals surface area contributed by atoms with Crippen LogP contribution >= 0.6 is 0 Å². The molecule has 0 atom stereocenters. The van der Waals surface area contributed by atoms with E-state index in [4.69, 9.17) is 8.92 Å². The van der Waals surface area contributed by atoms with Gasteiger partial charge >= 0.3 is 10.1 Å². The Morgan fingerprint density at radius 1 is 0.955 bits per heavy atom. The number of rotatable bonds is 7. The van der Waals surface area contributed by atoms with Crippen LogP contribution in [0.25, 0.3) is 0 Å². The van der Waals surface area contributed by atoms with Gasteiger partial charge in [0.15, 0.2) is 0 Å². The molecule has 2 rings (SSSR count). The first-order valence-corrected chi connectivity index (χ1v) is 8.31. The highest BCUT2D eigenvalue weighted by Gasteiger charge is 2.14. The number of benzene rings is 2. The molecule has 2 aromatic rings. The summed E-state index contributed by atoms with van der Waals surface area (Å²) >= 11 is 0. The first-order chi connectivity index (χ1) is 10.5. The van der Waals surface area contributed by atoms with Crippen molar-refractivity contribution in [3.8, 4) is 5.75 Å². The van der Waals surface area contributed by atoms with E-state index in [0.29, 0.717) is 12.2 Å². The van der Waals surface area contributed by atoms with E-state index in [2.05, 4.69) is 0 Å². The van der Waals surface area contributed by atoms with Crippen molar-refractivity contribution in [3.05, 3.63) is 65.5 Å². The summed E-state index contributed by atoms with van der Waals surface area (Å²) in [7, 11) is -2.15. The van der Waals surface area contributed by atoms with Crippen molar-refractivity contribution in [2.45, 2.75) is 12.2 Å². The van der Waals surface area contributed by atoms with Gasteiger partial charge in [0.05, 0.1) is 6.61 Å². The van der Waals surface area contributed by atoms with Gasteiger partial charge in [-0.25, -0.2) is 4.39 Å². The second-order valence-corrected chi connectivity index (χ2v) is 6.37. The molecule has 2 aromatic carbocycles. The minimum atomic E-state index is -3.78. The molecule has 0 amide bonds. The second kappa shape index (κ2) is 7.38. The summed E-state index contributed by atoms with van der Waals surface area (Å²) < 4.78 is 46.8. The maximum atomic E-state index is 12.8. The van der Waals surface area contributed by atoms with Gasteiger partial charge in [0.1, 0.15) is 17.3 Å². The monoisotopic (exact) mass is 324 g/mol. The minimum absolute atomic E-state index is 0.253. The first-order valence-electron chi connectivity index (χ1n) is 6.73. The summed E-state index contributed by atoms with van der Waals surface area (Å²) in [6, 6.07) is 12.1. The summed E-state index contributed by atoms with van der Waals surface area (Å²) in [6.45, 7) is 0.600. The van der Waals surface area contributed by atoms with E-state index in [9.17, 15) is 12.8 Å². The van der Waals surface area contributed by atoms with Gasteiger partial charge in [-0.05, 0) is 41.8 Å². The van der Waals surface area contributed by atoms with Crippen LogP contribution in [0.2, 0.25) is 0 Å². The smallest absolute Gasteiger partial charge is 0.313 e. The summed E-state index contributed by atoms with van der Waals surface area (Å²) in [5, 5.41) is 0. The summed E-state index contributed by atoms with van der Waals surface area (Å²) in [5.74, 6) is -0.462. The molecule has 0 aliphatic carbocycles. The van der Waals surface area contributed by atoms with Crippen molar-refractivity contribution >= 4 is 10.1 Å². The normalized spacial score (nSPS) is 11.4. The average Bonchev–Trinajstić information content (AvgIpc) is 2.48. The number of ether oxygens (including phenoxy) is 1. The predicted octanol–water partition coefficient (Wildman–Crippen LogP) is 2.92. The quantitative estimate of drug-likeness (QED) is 0.735. The number of hydrogen-bond acceptors (Lipinski definition) is 4. The minimum Gasteiger partial charge on any atom is -0.384 e. The molecule has 0 aliphatic rings. The molecule has 0 saturated heterocycles. The Hall–Kier alpha value is -1.92. The lowest BCUT2D eigenvalue weighted by Gasteiger charge is -2.08. The number of methoxy groups -OCH3 is 1. The van der Waals surface area contributed by atoms with Gasteiger partial charge in [0, 0.05) is 7.11 Å². The summed E-state index contributed by atoms with van der Waals surface area (Å²) in [5.41, 5.74) is 1.50. The van der Waals surface area contributed by atoms with E-state index < -0.39 is 15.9 Å². The highest BCUT2D eigenvalue weighted by atomic mass is 32.2. The predicted molar refractivity (Wildman–Crippen MR) is 81.7 cm³/mol. The Morgan fingerprint density at radius 2 is 1.55 bits per heavy atom. The fourth-order valence-corrected chi connectivity index (χ4v) is 2.96. The molecule has 0 radical (unpaired) electrons. The van der Waals surface area contributed by atoms with Gasteiger partial charge in [-0.2, -0.15) is 8.42 Å². The van der Waals surface area contributed by atoms with E-state index in [0.717, 1.165) is 12.0 Å². The molecule has 0 aliphatic heterocycles. The van der Waals surface area contributed by atoms with Crippen molar-refractivity contribution < 1.29 is 21.7 Å². The maximum absolute atomic E-state index is 12.8. The molecule has 0 bridgehead atoms. The average molecular weight is 324 g/mol. The van der Waals surface area contributed by atoms with Crippen molar-refractivity contribution in [2.24, 2.45) is 0 Å². The zero-order valence-corrected chi connectivity index (χ0v) is 13.0. The molecule has 0 spiro atoms. The van der Waals surface area contributed by atoms with Crippen LogP contribution in [0.1, 0.15) is 11.1 Å². The molecule has 22 heavy (non-hydrogen) atoms. The lowest BCUT2D eigenvalue weighted by atomic mass is 10.1. The Labute approximate surface area is 129 Å². The maximum Gasteiger partial charge on any atom is 0.313 e. The number of halogens is 1. The molecule has 0 fully saturated rings. The fourth-order valence-electron chi connectivity index (χ4n) is 1.89. The van der Waals surface area contributed by atoms with Crippen LogP contribution in [0.5, 0.6) is 5.75 Å². The van der Waals surface area contributed by atoms with Crippen LogP contribution < -0.4 is 4.18 Å². The third kappa shape index (κ3) is 5.13. The highest BCUT2D eigenvalue weighted by Crippen LogP contribution is 2.17. The van der Waals surface area contributed by atoms with E-state index in [1.165, 1.54) is 24.3 Å². The van der Waals surface area contributed by atoms with E-state index >= 15 is 0 Å². The van der Waals surface area contributed by atoms with Crippen LogP contribution in [-0.2, 0) is 27.0 Å². The van der Waals surface area contributed by atoms with Crippen LogP contribution in [0.3, 0.4) is 0 Å². The zero-order chi connectivity index (χ0) is 16.0. The van der Waals surface area contributed by atoms with Crippen LogP contribution in [0, 0.1) is 5.82 Å². The Kier molecular flexibility index (Phi) is 5.51. The SMILES string of the molecule is COCCc1ccc(OS(=O)(=O)Cc2ccc(F)cc2)cc1. The molecular weight excluding hydrogens is 307 g/mol. The van der Waals surface area contributed by atoms with Crippen LogP contribution in [-0.4, -0.2) is 22.1 Å². The van der Waals surface area contributed by atoms with Crippen LogP contribution in [0.4, 0.5) is 4.39 Å². The largest absolute Gasteiger partial charge is 0.384 e. The van der Waals surface area contributed by atoms with Gasteiger partial charge in [0.25, 0.3) is 0 Å². The van der Waals surface area contributed by atoms with E-state index in [1.807, 2.05) is 0 Å². The third-order valence-corrected chi connectivity index (χ3v) is 4.13. The Morgan fingerprint density at radius 3 is 2.14 bits per heavy atom. The van der Waals surface area contributed by atoms with Gasteiger partial charge in [-0.3, -0.25) is 0 Å². The van der Waals surface area contributed by atoms with Crippen LogP contribution in [0.15, 0.2) is 48.5 Å². The molecule has 6 heteroatoms. The number of hydrogen-bond donors (Lipinski definition) is 0. The van der Waals surface area contributed by atoms with Gasteiger partial charge in [0.2, 0.25) is 0 Å². The molecule has 0 aromatic heterocycles. The first kappa shape index (κ1) is 16.5. The topological polar surface area (TPSA) is 52.6 Å². The second-order valence-electron chi connectivity index (χ2n) is 4.80. The lowest BCUT2D eigenvalue weighted by molar-refractivity contribution is 0.202. The standard InChI is InChI=1S/C16H17FO4S/c1-20-11-10-13-4-8-16(9-5-13)21-22(18,19)12-14-2-6-15(17)7-3-14/h2-9H,10-12H2,1H3. The van der Waals surface area contributed by atoms with E-state index in [-0.39, 0.29) is 11.5 Å². The molecule has 0 saturated carbocycles. The summed E-state index contributed by atoms with van der Waals surface area (Å²) in [6.07, 6.45) is 0.749. The zero-order valence-electron chi connectivity index (χ0n) is 12.2. The van der Waals surface area contributed by atoms with Crippen molar-refractivity contribution in [1.82, 2.24) is 0 Å². The molecule has 4 nitrogen and oxygen atoms in total.